The molecule has 14 nitrogen and oxygen atoms in total. The van der Waals surface area contributed by atoms with Crippen molar-refractivity contribution in [2.45, 2.75) is 104 Å². The van der Waals surface area contributed by atoms with Gasteiger partial charge in [0.1, 0.15) is 5.60 Å². The zero-order valence-corrected chi connectivity index (χ0v) is 35.7. The molecule has 0 unspecified atom stereocenters. The molecule has 322 valence electrons. The van der Waals surface area contributed by atoms with Crippen LogP contribution in [0.15, 0.2) is 93.5 Å². The molecule has 3 aromatic rings. The molecule has 0 fully saturated rings. The fourth-order valence-electron chi connectivity index (χ4n) is 6.46. The number of rotatable bonds is 28. The molecule has 4 rings (SSSR count). The van der Waals surface area contributed by atoms with Crippen LogP contribution in [0.3, 0.4) is 0 Å². The molecule has 1 aliphatic rings. The summed E-state index contributed by atoms with van der Waals surface area (Å²) in [6.07, 6.45) is 6.23. The number of nitrogens with one attached hydrogen (secondary N) is 2. The van der Waals surface area contributed by atoms with Gasteiger partial charge in [0.25, 0.3) is 0 Å². The van der Waals surface area contributed by atoms with Crippen molar-refractivity contribution in [1.29, 1.82) is 0 Å². The number of alkyl carbamates (subject to hydrolysis) is 1. The molecule has 0 spiro atoms. The van der Waals surface area contributed by atoms with Crippen LogP contribution in [0.5, 0.6) is 5.88 Å². The second kappa shape index (κ2) is 25.0. The molecule has 0 radical (unpaired) electrons. The minimum atomic E-state index is -0.739. The van der Waals surface area contributed by atoms with E-state index >= 15 is 0 Å². The molecule has 2 aromatic carbocycles. The number of carbonyl (C=O) groups excluding carboxylic acids is 2. The van der Waals surface area contributed by atoms with E-state index in [1.54, 1.807) is 0 Å². The topological polar surface area (TPSA) is 167 Å². The van der Waals surface area contributed by atoms with Crippen LogP contribution in [-0.2, 0) is 23.7 Å². The maximum Gasteiger partial charge on any atom is 0.407 e. The second-order valence-corrected chi connectivity index (χ2v) is 16.2. The number of unbranched alkanes of at least 4 members (excludes halogenated alkanes) is 2. The van der Waals surface area contributed by atoms with Crippen molar-refractivity contribution in [3.8, 4) is 28.3 Å². The number of hydrogen-bond donors (Lipinski definition) is 2. The van der Waals surface area contributed by atoms with Crippen LogP contribution in [0.1, 0.15) is 92.4 Å². The molecule has 2 heterocycles. The first-order valence-electron chi connectivity index (χ1n) is 21.0. The Bertz CT molecular complexity index is 1660. The number of amides is 2. The molecule has 0 bridgehead atoms. The average Bonchev–Trinajstić information content (AvgIpc) is 3.72. The molecule has 0 saturated heterocycles. The van der Waals surface area contributed by atoms with Crippen molar-refractivity contribution in [2.75, 3.05) is 59.3 Å². The number of aromatic nitrogens is 1. The smallest absolute Gasteiger partial charge is 0.407 e. The number of nitrogens with zero attached hydrogens (tertiary/aromatic N) is 5. The highest BCUT2D eigenvalue weighted by atomic mass is 16.6. The summed E-state index contributed by atoms with van der Waals surface area (Å²) in [5, 5.41) is 22.5. The fourth-order valence-corrected chi connectivity index (χ4v) is 6.46. The van der Waals surface area contributed by atoms with Crippen LogP contribution in [0, 0.1) is 5.41 Å². The van der Waals surface area contributed by atoms with E-state index in [0.717, 1.165) is 60.9 Å². The van der Waals surface area contributed by atoms with Crippen LogP contribution < -0.4 is 15.4 Å². The Hall–Kier alpha value is -4.79. The Balaban J connectivity index is 1.03. The monoisotopic (exact) mass is 815 g/mol. The van der Waals surface area contributed by atoms with Crippen molar-refractivity contribution in [1.82, 2.24) is 15.6 Å². The highest BCUT2D eigenvalue weighted by Crippen LogP contribution is 2.46. The summed E-state index contributed by atoms with van der Waals surface area (Å²) in [6.45, 7) is 14.4. The lowest BCUT2D eigenvalue weighted by Crippen LogP contribution is -2.40. The molecular formula is C45H65N7O7. The van der Waals surface area contributed by atoms with Gasteiger partial charge in [-0.3, -0.25) is 4.79 Å². The second-order valence-electron chi connectivity index (χ2n) is 16.2. The summed E-state index contributed by atoms with van der Waals surface area (Å²) >= 11 is 0. The van der Waals surface area contributed by atoms with Crippen molar-refractivity contribution >= 4 is 12.0 Å². The molecule has 2 N–H and O–H groups in total. The number of ether oxygens (including phenoxy) is 5. The van der Waals surface area contributed by atoms with Crippen molar-refractivity contribution < 1.29 is 33.3 Å². The minimum Gasteiger partial charge on any atom is -0.478 e. The summed E-state index contributed by atoms with van der Waals surface area (Å²) in [5.41, 5.74) is 2.57. The van der Waals surface area contributed by atoms with Crippen LogP contribution in [-0.4, -0.2) is 87.6 Å². The van der Waals surface area contributed by atoms with E-state index in [0.29, 0.717) is 84.5 Å². The number of pyridine rings is 1. The van der Waals surface area contributed by atoms with Gasteiger partial charge in [0, 0.05) is 49.8 Å². The number of carbonyl (C=O) groups is 2. The lowest BCUT2D eigenvalue weighted by molar-refractivity contribution is -0.121. The predicted molar refractivity (Wildman–Crippen MR) is 228 cm³/mol. The van der Waals surface area contributed by atoms with Crippen LogP contribution >= 0.6 is 0 Å². The number of hydrogen-bond acceptors (Lipinski definition) is 12. The Labute approximate surface area is 350 Å². The predicted octanol–water partition coefficient (Wildman–Crippen LogP) is 9.55. The van der Waals surface area contributed by atoms with Crippen molar-refractivity contribution in [3.05, 3.63) is 72.8 Å². The number of benzene rings is 2. The molecule has 1 aromatic heterocycles. The van der Waals surface area contributed by atoms with Gasteiger partial charge in [-0.1, -0.05) is 74.5 Å². The first kappa shape index (κ1) is 46.9. The first-order valence-corrected chi connectivity index (χ1v) is 21.0. The molecule has 0 atom stereocenters. The zero-order chi connectivity index (χ0) is 42.2. The van der Waals surface area contributed by atoms with Gasteiger partial charge in [0.15, 0.2) is 5.66 Å². The molecule has 1 aliphatic heterocycles. The molecule has 0 saturated carbocycles. The largest absolute Gasteiger partial charge is 0.478 e. The summed E-state index contributed by atoms with van der Waals surface area (Å²) in [4.78, 5) is 28.9. The van der Waals surface area contributed by atoms with E-state index in [2.05, 4.69) is 75.5 Å². The third kappa shape index (κ3) is 17.5. The highest BCUT2D eigenvalue weighted by molar-refractivity contribution is 5.75. The maximum atomic E-state index is 12.5. The van der Waals surface area contributed by atoms with Gasteiger partial charge in [-0.05, 0) is 99.8 Å². The van der Waals surface area contributed by atoms with Gasteiger partial charge in [0.05, 0.1) is 38.7 Å². The van der Waals surface area contributed by atoms with E-state index in [1.165, 1.54) is 0 Å². The normalized spacial score (nSPS) is 13.4. The SMILES string of the molecule is CC(C)(C)OC(=O)NCCCOCCOCCOCCCNC(=O)CCCCC1(C(C)(C)CCCCOc2cc(-c3ccccc3)cc(-c3ccccc3)n2)N=NN=N1. The lowest BCUT2D eigenvalue weighted by atomic mass is 9.73. The van der Waals surface area contributed by atoms with Crippen molar-refractivity contribution in [3.63, 3.8) is 0 Å². The Morgan fingerprint density at radius 1 is 0.627 bits per heavy atom. The fraction of sp³-hybridized carbons (Fsp3) is 0.578. The van der Waals surface area contributed by atoms with Gasteiger partial charge in [-0.25, -0.2) is 9.78 Å². The van der Waals surface area contributed by atoms with Gasteiger partial charge in [-0.15, -0.1) is 10.2 Å². The quantitative estimate of drug-likeness (QED) is 0.0684. The third-order valence-electron chi connectivity index (χ3n) is 9.81. The van der Waals surface area contributed by atoms with Gasteiger partial charge in [0.2, 0.25) is 11.8 Å². The Kier molecular flexibility index (Phi) is 19.8. The molecule has 0 aliphatic carbocycles. The van der Waals surface area contributed by atoms with E-state index in [-0.39, 0.29) is 11.3 Å². The molecule has 14 heteroatoms. The van der Waals surface area contributed by atoms with Crippen molar-refractivity contribution in [2.24, 2.45) is 26.1 Å². The average molecular weight is 816 g/mol. The first-order chi connectivity index (χ1) is 28.5. The molecule has 2 amide bonds. The van der Waals surface area contributed by atoms with E-state index < -0.39 is 17.4 Å². The minimum absolute atomic E-state index is 0.0247. The maximum absolute atomic E-state index is 12.5. The Morgan fingerprint density at radius 3 is 1.85 bits per heavy atom. The van der Waals surface area contributed by atoms with E-state index in [1.807, 2.05) is 63.2 Å². The lowest BCUT2D eigenvalue weighted by Gasteiger charge is -2.37. The highest BCUT2D eigenvalue weighted by Gasteiger charge is 2.47. The van der Waals surface area contributed by atoms with E-state index in [4.69, 9.17) is 28.7 Å². The molecular weight excluding hydrogens is 751 g/mol. The zero-order valence-electron chi connectivity index (χ0n) is 35.7. The Morgan fingerprint density at radius 2 is 1.22 bits per heavy atom. The standard InChI is InChI=1S/C45H65N7O7/c1-43(2,3)59-42(54)47-26-17-28-56-31-33-57-32-30-55-27-16-25-46-40(53)22-12-13-24-45(49-51-52-50-45)44(4,5)23-14-15-29-58-41-35-38(36-18-8-6-9-19-36)34-39(48-41)37-20-10-7-11-21-37/h6-11,18-21,34-35H,12-17,22-33H2,1-5H3,(H,46,53)(H,47,54). The third-order valence-corrected chi connectivity index (χ3v) is 9.81. The van der Waals surface area contributed by atoms with Gasteiger partial charge in [-0.2, -0.15) is 0 Å². The summed E-state index contributed by atoms with van der Waals surface area (Å²) in [6, 6.07) is 24.6. The van der Waals surface area contributed by atoms with E-state index in [9.17, 15) is 9.59 Å². The summed E-state index contributed by atoms with van der Waals surface area (Å²) < 4.78 is 28.1. The van der Waals surface area contributed by atoms with Crippen LogP contribution in [0.25, 0.3) is 22.4 Å². The summed E-state index contributed by atoms with van der Waals surface area (Å²) in [7, 11) is 0. The van der Waals surface area contributed by atoms with Gasteiger partial charge < -0.3 is 34.3 Å². The van der Waals surface area contributed by atoms with Gasteiger partial charge >= 0.3 is 6.09 Å². The van der Waals surface area contributed by atoms with Crippen LogP contribution in [0.2, 0.25) is 0 Å². The molecule has 59 heavy (non-hydrogen) atoms. The van der Waals surface area contributed by atoms with Crippen LogP contribution in [0.4, 0.5) is 4.79 Å². The summed E-state index contributed by atoms with van der Waals surface area (Å²) in [5.74, 6) is 0.633.